The maximum atomic E-state index is 11.6. The van der Waals surface area contributed by atoms with Crippen molar-refractivity contribution in [3.05, 3.63) is 35.4 Å². The molecule has 0 aromatic heterocycles. The average Bonchev–Trinajstić information content (AvgIpc) is 2.26. The minimum atomic E-state index is -0.459. The first kappa shape index (κ1) is 11.7. The molecule has 1 unspecified atom stereocenters. The van der Waals surface area contributed by atoms with Crippen molar-refractivity contribution in [1.82, 2.24) is 5.32 Å². The Bertz CT molecular complexity index is 319. The smallest absolute Gasteiger partial charge is 0.251 e. The lowest BCUT2D eigenvalue weighted by molar-refractivity contribution is 0.0914. The second-order valence-corrected chi connectivity index (χ2v) is 3.64. The zero-order chi connectivity index (χ0) is 11.3. The molecule has 2 N–H and O–H groups in total. The van der Waals surface area contributed by atoms with Gasteiger partial charge in [-0.1, -0.05) is 24.6 Å². The van der Waals surface area contributed by atoms with Gasteiger partial charge in [0.25, 0.3) is 5.91 Å². The number of aliphatic hydroxyl groups is 1. The fraction of sp³-hybridized carbons (Fsp3) is 0.417. The number of hydrogen-bond acceptors (Lipinski definition) is 2. The van der Waals surface area contributed by atoms with Crippen LogP contribution >= 0.6 is 0 Å². The zero-order valence-electron chi connectivity index (χ0n) is 9.16. The van der Waals surface area contributed by atoms with Crippen LogP contribution in [0.1, 0.15) is 29.3 Å². The second-order valence-electron chi connectivity index (χ2n) is 3.64. The quantitative estimate of drug-likeness (QED) is 0.786. The second kappa shape index (κ2) is 5.51. The van der Waals surface area contributed by atoms with E-state index in [0.717, 1.165) is 5.56 Å². The van der Waals surface area contributed by atoms with Gasteiger partial charge in [0.2, 0.25) is 0 Å². The van der Waals surface area contributed by atoms with Crippen molar-refractivity contribution in [1.29, 1.82) is 0 Å². The lowest BCUT2D eigenvalue weighted by atomic mass is 10.1. The first-order valence-electron chi connectivity index (χ1n) is 5.16. The predicted molar refractivity (Wildman–Crippen MR) is 59.8 cm³/mol. The molecule has 0 radical (unpaired) electrons. The number of carbonyl (C=O) groups is 1. The Morgan fingerprint density at radius 2 is 2.00 bits per heavy atom. The minimum Gasteiger partial charge on any atom is -0.391 e. The number of hydrogen-bond donors (Lipinski definition) is 2. The highest BCUT2D eigenvalue weighted by molar-refractivity contribution is 5.94. The number of rotatable bonds is 4. The van der Waals surface area contributed by atoms with Crippen LogP contribution in [0.3, 0.4) is 0 Å². The van der Waals surface area contributed by atoms with Crippen molar-refractivity contribution in [3.63, 3.8) is 0 Å². The Morgan fingerprint density at radius 1 is 1.40 bits per heavy atom. The Morgan fingerprint density at radius 3 is 2.53 bits per heavy atom. The molecule has 1 atom stereocenters. The average molecular weight is 207 g/mol. The molecular formula is C12H17NO2. The molecule has 0 heterocycles. The van der Waals surface area contributed by atoms with Crippen molar-refractivity contribution >= 4 is 5.91 Å². The Labute approximate surface area is 90.1 Å². The Balaban J connectivity index is 2.50. The van der Waals surface area contributed by atoms with Crippen LogP contribution in [0, 0.1) is 6.92 Å². The van der Waals surface area contributed by atoms with Gasteiger partial charge in [-0.2, -0.15) is 0 Å². The van der Waals surface area contributed by atoms with Crippen molar-refractivity contribution in [3.8, 4) is 0 Å². The van der Waals surface area contributed by atoms with Crippen LogP contribution in [-0.4, -0.2) is 23.7 Å². The van der Waals surface area contributed by atoms with E-state index in [1.165, 1.54) is 0 Å². The summed E-state index contributed by atoms with van der Waals surface area (Å²) in [6.45, 7) is 4.16. The topological polar surface area (TPSA) is 49.3 Å². The van der Waals surface area contributed by atoms with Crippen LogP contribution < -0.4 is 5.32 Å². The molecule has 0 saturated heterocycles. The highest BCUT2D eigenvalue weighted by Gasteiger charge is 2.06. The monoisotopic (exact) mass is 207 g/mol. The van der Waals surface area contributed by atoms with E-state index in [4.69, 9.17) is 0 Å². The van der Waals surface area contributed by atoms with E-state index in [1.807, 2.05) is 26.0 Å². The molecule has 1 amide bonds. The molecule has 0 aliphatic heterocycles. The van der Waals surface area contributed by atoms with Crippen LogP contribution in [0.5, 0.6) is 0 Å². The molecule has 15 heavy (non-hydrogen) atoms. The van der Waals surface area contributed by atoms with Crippen LogP contribution in [0.15, 0.2) is 24.3 Å². The maximum absolute atomic E-state index is 11.6. The van der Waals surface area contributed by atoms with Gasteiger partial charge >= 0.3 is 0 Å². The number of aliphatic hydroxyl groups excluding tert-OH is 1. The summed E-state index contributed by atoms with van der Waals surface area (Å²) >= 11 is 0. The predicted octanol–water partition coefficient (Wildman–Crippen LogP) is 1.50. The van der Waals surface area contributed by atoms with Crippen LogP contribution in [-0.2, 0) is 0 Å². The molecule has 0 spiro atoms. The highest BCUT2D eigenvalue weighted by atomic mass is 16.3. The maximum Gasteiger partial charge on any atom is 0.251 e. The number of nitrogens with one attached hydrogen (secondary N) is 1. The standard InChI is InChI=1S/C12H17NO2/c1-3-11(14)8-13-12(15)10-6-4-9(2)5-7-10/h4-7,11,14H,3,8H2,1-2H3,(H,13,15). The summed E-state index contributed by atoms with van der Waals surface area (Å²) in [5, 5.41) is 12.0. The highest BCUT2D eigenvalue weighted by Crippen LogP contribution is 2.02. The SMILES string of the molecule is CCC(O)CNC(=O)c1ccc(C)cc1. The molecule has 1 rings (SSSR count). The largest absolute Gasteiger partial charge is 0.391 e. The molecule has 1 aromatic carbocycles. The molecule has 0 aliphatic carbocycles. The van der Waals surface area contributed by atoms with Gasteiger partial charge in [0.15, 0.2) is 0 Å². The van der Waals surface area contributed by atoms with E-state index in [9.17, 15) is 9.90 Å². The molecule has 0 fully saturated rings. The van der Waals surface area contributed by atoms with Gasteiger partial charge < -0.3 is 10.4 Å². The van der Waals surface area contributed by atoms with Crippen molar-refractivity contribution in [2.75, 3.05) is 6.54 Å². The Hall–Kier alpha value is -1.35. The van der Waals surface area contributed by atoms with Crippen molar-refractivity contribution < 1.29 is 9.90 Å². The summed E-state index contributed by atoms with van der Waals surface area (Å²) < 4.78 is 0. The third kappa shape index (κ3) is 3.72. The van der Waals surface area contributed by atoms with Crippen molar-refractivity contribution in [2.24, 2.45) is 0 Å². The van der Waals surface area contributed by atoms with Gasteiger partial charge in [-0.05, 0) is 25.5 Å². The number of benzene rings is 1. The lowest BCUT2D eigenvalue weighted by Crippen LogP contribution is -2.31. The summed E-state index contributed by atoms with van der Waals surface area (Å²) in [7, 11) is 0. The van der Waals surface area contributed by atoms with E-state index in [0.29, 0.717) is 18.5 Å². The van der Waals surface area contributed by atoms with Crippen LogP contribution in [0.4, 0.5) is 0 Å². The van der Waals surface area contributed by atoms with Crippen molar-refractivity contribution in [2.45, 2.75) is 26.4 Å². The van der Waals surface area contributed by atoms with E-state index in [2.05, 4.69) is 5.32 Å². The molecule has 0 bridgehead atoms. The summed E-state index contributed by atoms with van der Waals surface area (Å²) in [5.74, 6) is -0.137. The molecule has 0 saturated carbocycles. The number of amides is 1. The summed E-state index contributed by atoms with van der Waals surface area (Å²) in [6, 6.07) is 7.35. The van der Waals surface area contributed by atoms with Crippen LogP contribution in [0.25, 0.3) is 0 Å². The number of aryl methyl sites for hydroxylation is 1. The minimum absolute atomic E-state index is 0.137. The fourth-order valence-electron chi connectivity index (χ4n) is 1.16. The fourth-order valence-corrected chi connectivity index (χ4v) is 1.16. The molecule has 3 heteroatoms. The van der Waals surface area contributed by atoms with Gasteiger partial charge in [-0.25, -0.2) is 0 Å². The number of carbonyl (C=O) groups excluding carboxylic acids is 1. The molecular weight excluding hydrogens is 190 g/mol. The van der Waals surface area contributed by atoms with Gasteiger partial charge in [0, 0.05) is 12.1 Å². The molecule has 3 nitrogen and oxygen atoms in total. The van der Waals surface area contributed by atoms with E-state index < -0.39 is 6.10 Å². The zero-order valence-corrected chi connectivity index (χ0v) is 9.16. The van der Waals surface area contributed by atoms with Gasteiger partial charge in [0.1, 0.15) is 0 Å². The lowest BCUT2D eigenvalue weighted by Gasteiger charge is -2.09. The third-order valence-electron chi connectivity index (χ3n) is 2.28. The first-order valence-corrected chi connectivity index (χ1v) is 5.16. The van der Waals surface area contributed by atoms with Gasteiger partial charge in [0.05, 0.1) is 6.10 Å². The third-order valence-corrected chi connectivity index (χ3v) is 2.28. The first-order chi connectivity index (χ1) is 7.13. The molecule has 82 valence electrons. The van der Waals surface area contributed by atoms with E-state index in [1.54, 1.807) is 12.1 Å². The summed E-state index contributed by atoms with van der Waals surface area (Å²) in [5.41, 5.74) is 1.75. The van der Waals surface area contributed by atoms with E-state index in [-0.39, 0.29) is 5.91 Å². The molecule has 0 aliphatic rings. The van der Waals surface area contributed by atoms with Crippen LogP contribution in [0.2, 0.25) is 0 Å². The van der Waals surface area contributed by atoms with Gasteiger partial charge in [-0.3, -0.25) is 4.79 Å². The van der Waals surface area contributed by atoms with Gasteiger partial charge in [-0.15, -0.1) is 0 Å². The van der Waals surface area contributed by atoms with E-state index >= 15 is 0 Å². The normalized spacial score (nSPS) is 12.2. The Kier molecular flexibility index (Phi) is 4.31. The summed E-state index contributed by atoms with van der Waals surface area (Å²) in [6.07, 6.45) is 0.188. The summed E-state index contributed by atoms with van der Waals surface area (Å²) in [4.78, 5) is 11.6. The molecule has 1 aromatic rings.